The van der Waals surface area contributed by atoms with Crippen LogP contribution in [0.1, 0.15) is 0 Å². The summed E-state index contributed by atoms with van der Waals surface area (Å²) in [6.45, 7) is 8.59. The van der Waals surface area contributed by atoms with Crippen molar-refractivity contribution < 1.29 is 8.42 Å². The number of rotatable bonds is 2. The summed E-state index contributed by atoms with van der Waals surface area (Å²) in [6, 6.07) is 0. The summed E-state index contributed by atoms with van der Waals surface area (Å²) in [7, 11) is -4.96. The molecule has 0 unspecified atom stereocenters. The fourth-order valence-corrected chi connectivity index (χ4v) is 2.25. The third-order valence-electron chi connectivity index (χ3n) is 1.07. The summed E-state index contributed by atoms with van der Waals surface area (Å²) >= 11 is 0. The molecule has 0 atom stereocenters. The van der Waals surface area contributed by atoms with Crippen molar-refractivity contribution in [2.45, 2.75) is 19.6 Å². The molecular formula is C5H12O2SSi. The van der Waals surface area contributed by atoms with Gasteiger partial charge in [-0.2, -0.15) is 0 Å². The lowest BCUT2D eigenvalue weighted by molar-refractivity contribution is 0.615. The molecule has 0 bridgehead atoms. The fourth-order valence-electron chi connectivity index (χ4n) is 0.250. The maximum atomic E-state index is 11.0. The topological polar surface area (TPSA) is 34.1 Å². The second-order valence-corrected chi connectivity index (χ2v) is 13.9. The van der Waals surface area contributed by atoms with E-state index in [4.69, 9.17) is 0 Å². The Labute approximate surface area is 57.2 Å². The Morgan fingerprint density at radius 3 is 1.67 bits per heavy atom. The highest BCUT2D eigenvalue weighted by Crippen LogP contribution is 2.11. The van der Waals surface area contributed by atoms with Crippen molar-refractivity contribution in [3.05, 3.63) is 12.0 Å². The summed E-state index contributed by atoms with van der Waals surface area (Å²) < 4.78 is 21.9. The molecule has 0 fully saturated rings. The lowest BCUT2D eigenvalue weighted by Crippen LogP contribution is -2.31. The first kappa shape index (κ1) is 8.91. The van der Waals surface area contributed by atoms with E-state index >= 15 is 0 Å². The third-order valence-corrected chi connectivity index (χ3v) is 8.84. The quantitative estimate of drug-likeness (QED) is 0.578. The molecule has 0 aromatic carbocycles. The monoisotopic (exact) mass is 164 g/mol. The van der Waals surface area contributed by atoms with E-state index in [1.54, 1.807) is 19.6 Å². The summed E-state index contributed by atoms with van der Waals surface area (Å²) in [4.78, 5) is 0. The first-order chi connectivity index (χ1) is 3.81. The van der Waals surface area contributed by atoms with Gasteiger partial charge in [0.25, 0.3) is 0 Å². The van der Waals surface area contributed by atoms with Crippen molar-refractivity contribution in [1.29, 1.82) is 0 Å². The van der Waals surface area contributed by atoms with Crippen molar-refractivity contribution in [2.75, 3.05) is 0 Å². The Bertz CT molecular complexity index is 197. The van der Waals surface area contributed by atoms with Gasteiger partial charge in [-0.3, -0.25) is 0 Å². The van der Waals surface area contributed by atoms with Gasteiger partial charge >= 0.3 is 0 Å². The number of hydrogen-bond acceptors (Lipinski definition) is 2. The van der Waals surface area contributed by atoms with Crippen molar-refractivity contribution in [3.8, 4) is 0 Å². The predicted octanol–water partition coefficient (Wildman–Crippen LogP) is 1.38. The van der Waals surface area contributed by atoms with E-state index in [0.29, 0.717) is 0 Å². The molecule has 0 heterocycles. The first-order valence-electron chi connectivity index (χ1n) is 2.68. The molecule has 0 saturated carbocycles. The van der Waals surface area contributed by atoms with Crippen LogP contribution in [0.5, 0.6) is 0 Å². The fraction of sp³-hybridized carbons (Fsp3) is 0.600. The summed E-state index contributed by atoms with van der Waals surface area (Å²) in [5, 5.41) is 1.05. The van der Waals surface area contributed by atoms with Gasteiger partial charge < -0.3 is 0 Å². The second-order valence-electron chi connectivity index (χ2n) is 2.82. The minimum atomic E-state index is -2.93. The maximum Gasteiger partial charge on any atom is 0.191 e. The molecule has 0 N–H and O–H groups in total. The molecule has 0 aliphatic carbocycles. The largest absolute Gasteiger partial charge is 0.232 e. The molecule has 0 radical (unpaired) electrons. The van der Waals surface area contributed by atoms with Crippen molar-refractivity contribution in [2.24, 2.45) is 0 Å². The molecule has 0 aliphatic rings. The van der Waals surface area contributed by atoms with Gasteiger partial charge in [0.1, 0.15) is 9.29 Å². The zero-order valence-corrected chi connectivity index (χ0v) is 7.83. The van der Waals surface area contributed by atoms with Crippen molar-refractivity contribution >= 4 is 16.5 Å². The van der Waals surface area contributed by atoms with E-state index in [2.05, 4.69) is 6.58 Å². The van der Waals surface area contributed by atoms with Crippen LogP contribution in [0.3, 0.4) is 0 Å². The van der Waals surface area contributed by atoms with Crippen LogP contribution in [-0.4, -0.2) is 15.6 Å². The lowest BCUT2D eigenvalue weighted by atomic mass is 11.3. The lowest BCUT2D eigenvalue weighted by Gasteiger charge is -2.11. The van der Waals surface area contributed by atoms with Crippen LogP contribution in [0.25, 0.3) is 0 Å². The summed E-state index contributed by atoms with van der Waals surface area (Å²) in [5.41, 5.74) is 0. The molecule has 54 valence electrons. The molecule has 2 nitrogen and oxygen atoms in total. The molecule has 0 saturated heterocycles. The van der Waals surface area contributed by atoms with Crippen LogP contribution in [0.4, 0.5) is 0 Å². The highest BCUT2D eigenvalue weighted by molar-refractivity contribution is 8.23. The first-order valence-corrected chi connectivity index (χ1v) is 8.45. The van der Waals surface area contributed by atoms with Crippen LogP contribution in [0.15, 0.2) is 12.0 Å². The molecule has 4 heteroatoms. The molecule has 0 aliphatic heterocycles. The molecule has 0 aromatic heterocycles. The third kappa shape index (κ3) is 1.95. The van der Waals surface area contributed by atoms with Crippen LogP contribution < -0.4 is 0 Å². The van der Waals surface area contributed by atoms with Gasteiger partial charge in [0.05, 0.1) is 0 Å². The van der Waals surface area contributed by atoms with Gasteiger partial charge in [-0.1, -0.05) is 26.2 Å². The minimum absolute atomic E-state index is 1.05. The summed E-state index contributed by atoms with van der Waals surface area (Å²) in [6.07, 6.45) is 0. The SMILES string of the molecule is C=CS(=O)(=O)[Si](C)(C)C. The van der Waals surface area contributed by atoms with Gasteiger partial charge in [0, 0.05) is 5.41 Å². The van der Waals surface area contributed by atoms with E-state index in [-0.39, 0.29) is 0 Å². The molecule has 0 rings (SSSR count). The predicted molar refractivity (Wildman–Crippen MR) is 42.5 cm³/mol. The zero-order chi connectivity index (χ0) is 7.71. The normalized spacial score (nSPS) is 13.2. The van der Waals surface area contributed by atoms with Gasteiger partial charge in [-0.05, 0) is 0 Å². The highest BCUT2D eigenvalue weighted by atomic mass is 32.4. The molecular weight excluding hydrogens is 152 g/mol. The van der Waals surface area contributed by atoms with Crippen molar-refractivity contribution in [3.63, 3.8) is 0 Å². The Hall–Kier alpha value is -0.0931. The van der Waals surface area contributed by atoms with Gasteiger partial charge in [-0.25, -0.2) is 8.42 Å². The van der Waals surface area contributed by atoms with Crippen molar-refractivity contribution in [1.82, 2.24) is 0 Å². The van der Waals surface area contributed by atoms with E-state index in [1.807, 2.05) is 0 Å². The van der Waals surface area contributed by atoms with Gasteiger partial charge in [-0.15, -0.1) is 0 Å². The Morgan fingerprint density at radius 1 is 1.33 bits per heavy atom. The Balaban J connectivity index is 4.79. The van der Waals surface area contributed by atoms with Crippen LogP contribution in [0.2, 0.25) is 19.6 Å². The highest BCUT2D eigenvalue weighted by Gasteiger charge is 2.28. The maximum absolute atomic E-state index is 11.0. The smallest absolute Gasteiger partial charge is 0.191 e. The Morgan fingerprint density at radius 2 is 1.67 bits per heavy atom. The standard InChI is InChI=1S/C5H12O2SSi/c1-5-8(6,7)9(2,3)4/h5H,1H2,2-4H3. The molecule has 9 heavy (non-hydrogen) atoms. The average molecular weight is 164 g/mol. The van der Waals surface area contributed by atoms with Crippen LogP contribution in [-0.2, 0) is 9.29 Å². The molecule has 0 spiro atoms. The zero-order valence-electron chi connectivity index (χ0n) is 6.01. The van der Waals surface area contributed by atoms with Gasteiger partial charge in [0.15, 0.2) is 7.22 Å². The number of hydrogen-bond donors (Lipinski definition) is 0. The van der Waals surface area contributed by atoms with E-state index in [0.717, 1.165) is 5.41 Å². The van der Waals surface area contributed by atoms with Crippen LogP contribution in [0, 0.1) is 0 Å². The summed E-state index contributed by atoms with van der Waals surface area (Å²) in [5.74, 6) is 0. The minimum Gasteiger partial charge on any atom is -0.232 e. The van der Waals surface area contributed by atoms with Gasteiger partial charge in [0.2, 0.25) is 0 Å². The van der Waals surface area contributed by atoms with E-state index in [9.17, 15) is 8.42 Å². The molecule has 0 aromatic rings. The molecule has 0 amide bonds. The van der Waals surface area contributed by atoms with E-state index in [1.165, 1.54) is 0 Å². The Kier molecular flexibility index (Phi) is 2.24. The average Bonchev–Trinajstić information content (AvgIpc) is 1.64. The second kappa shape index (κ2) is 2.26. The van der Waals surface area contributed by atoms with Crippen LogP contribution >= 0.6 is 0 Å². The van der Waals surface area contributed by atoms with E-state index < -0.39 is 16.5 Å².